The molecule has 2 aliphatic heterocycles. The first kappa shape index (κ1) is 12.0. The van der Waals surface area contributed by atoms with Gasteiger partial charge < -0.3 is 5.32 Å². The maximum Gasteiger partial charge on any atom is 0.0373 e. The lowest BCUT2D eigenvalue weighted by atomic mass is 9.99. The number of nitrogens with one attached hydrogen (secondary N) is 1. The molecule has 4 rings (SSSR count). The Labute approximate surface area is 120 Å². The standard InChI is InChI=1S/C18H20N2/c1-2-4-17-13-20(10-8-15(17)3-1)12-14-5-6-18-16(11-14)7-9-19-18/h1-6,11,19H,7-10,12-13H2. The van der Waals surface area contributed by atoms with Crippen LogP contribution in [0.5, 0.6) is 0 Å². The van der Waals surface area contributed by atoms with Crippen LogP contribution in [0.4, 0.5) is 5.69 Å². The van der Waals surface area contributed by atoms with E-state index in [1.54, 1.807) is 0 Å². The highest BCUT2D eigenvalue weighted by molar-refractivity contribution is 5.56. The van der Waals surface area contributed by atoms with Crippen molar-refractivity contribution in [3.05, 3.63) is 64.7 Å². The minimum atomic E-state index is 1.07. The van der Waals surface area contributed by atoms with Gasteiger partial charge in [-0.05, 0) is 41.2 Å². The van der Waals surface area contributed by atoms with E-state index in [-0.39, 0.29) is 0 Å². The molecule has 0 aliphatic carbocycles. The van der Waals surface area contributed by atoms with Gasteiger partial charge in [-0.1, -0.05) is 36.4 Å². The zero-order valence-corrected chi connectivity index (χ0v) is 11.7. The van der Waals surface area contributed by atoms with Crippen molar-refractivity contribution in [1.29, 1.82) is 0 Å². The maximum atomic E-state index is 3.43. The number of hydrogen-bond donors (Lipinski definition) is 1. The van der Waals surface area contributed by atoms with Crippen LogP contribution in [0.3, 0.4) is 0 Å². The lowest BCUT2D eigenvalue weighted by Gasteiger charge is -2.28. The highest BCUT2D eigenvalue weighted by Crippen LogP contribution is 2.25. The van der Waals surface area contributed by atoms with Gasteiger partial charge in [0.05, 0.1) is 0 Å². The fraction of sp³-hybridized carbons (Fsp3) is 0.333. The third-order valence-corrected chi connectivity index (χ3v) is 4.50. The number of nitrogens with zero attached hydrogens (tertiary/aromatic N) is 1. The number of anilines is 1. The van der Waals surface area contributed by atoms with E-state index in [1.165, 1.54) is 47.3 Å². The monoisotopic (exact) mass is 264 g/mol. The van der Waals surface area contributed by atoms with E-state index in [2.05, 4.69) is 52.7 Å². The molecule has 0 atom stereocenters. The van der Waals surface area contributed by atoms with Gasteiger partial charge in [-0.25, -0.2) is 0 Å². The molecule has 0 unspecified atom stereocenters. The van der Waals surface area contributed by atoms with Gasteiger partial charge in [-0.3, -0.25) is 4.90 Å². The first-order chi connectivity index (χ1) is 9.88. The number of benzene rings is 2. The van der Waals surface area contributed by atoms with E-state index in [4.69, 9.17) is 0 Å². The van der Waals surface area contributed by atoms with Crippen LogP contribution in [-0.4, -0.2) is 18.0 Å². The second-order valence-corrected chi connectivity index (χ2v) is 5.90. The highest BCUT2D eigenvalue weighted by Gasteiger charge is 2.17. The zero-order valence-electron chi connectivity index (χ0n) is 11.7. The summed E-state index contributed by atoms with van der Waals surface area (Å²) in [6, 6.07) is 15.8. The van der Waals surface area contributed by atoms with Gasteiger partial charge in [0.15, 0.2) is 0 Å². The smallest absolute Gasteiger partial charge is 0.0373 e. The summed E-state index contributed by atoms with van der Waals surface area (Å²) in [6.07, 6.45) is 2.36. The maximum absolute atomic E-state index is 3.43. The number of rotatable bonds is 2. The summed E-state index contributed by atoms with van der Waals surface area (Å²) in [7, 11) is 0. The van der Waals surface area contributed by atoms with Crippen molar-refractivity contribution in [2.75, 3.05) is 18.4 Å². The summed E-state index contributed by atoms with van der Waals surface area (Å²) in [5.74, 6) is 0. The van der Waals surface area contributed by atoms with Crippen molar-refractivity contribution in [1.82, 2.24) is 4.90 Å². The third kappa shape index (κ3) is 2.20. The molecule has 1 N–H and O–H groups in total. The molecular weight excluding hydrogens is 244 g/mol. The van der Waals surface area contributed by atoms with E-state index >= 15 is 0 Å². The minimum absolute atomic E-state index is 1.07. The molecule has 0 amide bonds. The molecule has 2 aromatic rings. The average molecular weight is 264 g/mol. The molecular formula is C18H20N2. The van der Waals surface area contributed by atoms with Gasteiger partial charge in [-0.15, -0.1) is 0 Å². The predicted octanol–water partition coefficient (Wildman–Crippen LogP) is 3.21. The number of hydrogen-bond acceptors (Lipinski definition) is 2. The normalized spacial score (nSPS) is 17.4. The first-order valence-electron chi connectivity index (χ1n) is 7.53. The Bertz CT molecular complexity index is 633. The summed E-state index contributed by atoms with van der Waals surface area (Å²) < 4.78 is 0. The van der Waals surface area contributed by atoms with Gasteiger partial charge in [0, 0.05) is 31.9 Å². The molecule has 0 fully saturated rings. The molecule has 0 saturated heterocycles. The molecule has 2 aliphatic rings. The van der Waals surface area contributed by atoms with E-state index < -0.39 is 0 Å². The Morgan fingerprint density at radius 1 is 0.950 bits per heavy atom. The SMILES string of the molecule is c1ccc2c(c1)CCN(Cc1ccc3c(c1)CCN3)C2. The molecule has 2 nitrogen and oxygen atoms in total. The Hall–Kier alpha value is -1.80. The largest absolute Gasteiger partial charge is 0.384 e. The molecule has 2 aromatic carbocycles. The summed E-state index contributed by atoms with van der Waals surface area (Å²) in [5, 5.41) is 3.43. The van der Waals surface area contributed by atoms with Gasteiger partial charge >= 0.3 is 0 Å². The molecule has 2 heterocycles. The highest BCUT2D eigenvalue weighted by atomic mass is 15.1. The molecule has 2 heteroatoms. The topological polar surface area (TPSA) is 15.3 Å². The summed E-state index contributed by atoms with van der Waals surface area (Å²) >= 11 is 0. The van der Waals surface area contributed by atoms with Gasteiger partial charge in [0.25, 0.3) is 0 Å². The Morgan fingerprint density at radius 2 is 1.85 bits per heavy atom. The first-order valence-corrected chi connectivity index (χ1v) is 7.53. The minimum Gasteiger partial charge on any atom is -0.384 e. The van der Waals surface area contributed by atoms with Gasteiger partial charge in [0.1, 0.15) is 0 Å². The van der Waals surface area contributed by atoms with Crippen LogP contribution in [0.2, 0.25) is 0 Å². The van der Waals surface area contributed by atoms with Crippen LogP contribution >= 0.6 is 0 Å². The Kier molecular flexibility index (Phi) is 2.96. The second-order valence-electron chi connectivity index (χ2n) is 5.90. The third-order valence-electron chi connectivity index (χ3n) is 4.50. The summed E-state index contributed by atoms with van der Waals surface area (Å²) in [6.45, 7) is 4.43. The number of fused-ring (bicyclic) bond motifs is 2. The summed E-state index contributed by atoms with van der Waals surface area (Å²) in [5.41, 5.74) is 7.30. The quantitative estimate of drug-likeness (QED) is 0.896. The molecule has 20 heavy (non-hydrogen) atoms. The summed E-state index contributed by atoms with van der Waals surface area (Å²) in [4.78, 5) is 2.56. The molecule has 102 valence electrons. The lowest BCUT2D eigenvalue weighted by Crippen LogP contribution is -2.29. The van der Waals surface area contributed by atoms with Crippen molar-refractivity contribution in [3.63, 3.8) is 0 Å². The Morgan fingerprint density at radius 3 is 2.80 bits per heavy atom. The van der Waals surface area contributed by atoms with E-state index in [9.17, 15) is 0 Å². The van der Waals surface area contributed by atoms with E-state index in [0.29, 0.717) is 0 Å². The molecule has 0 saturated carbocycles. The van der Waals surface area contributed by atoms with Crippen LogP contribution in [-0.2, 0) is 25.9 Å². The van der Waals surface area contributed by atoms with E-state index in [1.807, 2.05) is 0 Å². The van der Waals surface area contributed by atoms with Crippen molar-refractivity contribution < 1.29 is 0 Å². The van der Waals surface area contributed by atoms with Crippen LogP contribution < -0.4 is 5.32 Å². The predicted molar refractivity (Wildman–Crippen MR) is 82.9 cm³/mol. The Balaban J connectivity index is 1.50. The average Bonchev–Trinajstić information content (AvgIpc) is 2.95. The van der Waals surface area contributed by atoms with E-state index in [0.717, 1.165) is 19.6 Å². The van der Waals surface area contributed by atoms with Crippen LogP contribution in [0.15, 0.2) is 42.5 Å². The fourth-order valence-corrected chi connectivity index (χ4v) is 3.40. The van der Waals surface area contributed by atoms with Crippen molar-refractivity contribution in [2.24, 2.45) is 0 Å². The fourth-order valence-electron chi connectivity index (χ4n) is 3.40. The van der Waals surface area contributed by atoms with Crippen LogP contribution in [0.1, 0.15) is 22.3 Å². The second kappa shape index (κ2) is 4.95. The van der Waals surface area contributed by atoms with Crippen molar-refractivity contribution in [2.45, 2.75) is 25.9 Å². The van der Waals surface area contributed by atoms with Crippen molar-refractivity contribution in [3.8, 4) is 0 Å². The lowest BCUT2D eigenvalue weighted by molar-refractivity contribution is 0.245. The zero-order chi connectivity index (χ0) is 13.4. The molecule has 0 spiro atoms. The van der Waals surface area contributed by atoms with Crippen LogP contribution in [0, 0.1) is 0 Å². The molecule has 0 bridgehead atoms. The van der Waals surface area contributed by atoms with Gasteiger partial charge in [-0.2, -0.15) is 0 Å². The van der Waals surface area contributed by atoms with Crippen molar-refractivity contribution >= 4 is 5.69 Å². The molecule has 0 aromatic heterocycles. The van der Waals surface area contributed by atoms with Crippen LogP contribution in [0.25, 0.3) is 0 Å². The van der Waals surface area contributed by atoms with Gasteiger partial charge in [0.2, 0.25) is 0 Å². The molecule has 0 radical (unpaired) electrons.